The van der Waals surface area contributed by atoms with Gasteiger partial charge < -0.3 is 10.1 Å². The van der Waals surface area contributed by atoms with E-state index in [-0.39, 0.29) is 6.10 Å². The average molecular weight is 267 g/mol. The van der Waals surface area contributed by atoms with Crippen molar-refractivity contribution in [2.75, 3.05) is 5.32 Å². The van der Waals surface area contributed by atoms with Crippen LogP contribution in [-0.2, 0) is 4.79 Å². The van der Waals surface area contributed by atoms with Gasteiger partial charge in [-0.25, -0.2) is 0 Å². The molecule has 0 radical (unpaired) electrons. The molecule has 0 spiro atoms. The van der Waals surface area contributed by atoms with E-state index in [2.05, 4.69) is 5.32 Å². The Labute approximate surface area is 118 Å². The number of carbonyl (C=O) groups excluding carboxylic acids is 1. The fraction of sp³-hybridized carbons (Fsp3) is 0.235. The summed E-state index contributed by atoms with van der Waals surface area (Å²) in [5, 5.41) is 3.32. The number of ketones is 1. The molecule has 1 atom stereocenters. The third-order valence-electron chi connectivity index (χ3n) is 3.42. The van der Waals surface area contributed by atoms with Crippen LogP contribution in [0.4, 0.5) is 11.4 Å². The highest BCUT2D eigenvalue weighted by Gasteiger charge is 2.23. The SMILES string of the molecule is O=C1CCC(Oc2ccc(Nc3ccccc3)cc2)C1. The minimum Gasteiger partial charge on any atom is -0.490 e. The number of hydrogen-bond donors (Lipinski definition) is 1. The maximum atomic E-state index is 11.2. The standard InChI is InChI=1S/C17H17NO2/c19-15-8-11-17(12-15)20-16-9-6-14(7-10-16)18-13-4-2-1-3-5-13/h1-7,9-10,17-18H,8,11-12H2. The van der Waals surface area contributed by atoms with Crippen molar-refractivity contribution in [1.29, 1.82) is 0 Å². The highest BCUT2D eigenvalue weighted by molar-refractivity contribution is 5.81. The molecular weight excluding hydrogens is 250 g/mol. The summed E-state index contributed by atoms with van der Waals surface area (Å²) in [7, 11) is 0. The molecule has 3 heteroatoms. The predicted octanol–water partition coefficient (Wildman–Crippen LogP) is 3.93. The van der Waals surface area contributed by atoms with Crippen LogP contribution < -0.4 is 10.1 Å². The molecule has 1 unspecified atom stereocenters. The summed E-state index contributed by atoms with van der Waals surface area (Å²) in [5.74, 6) is 1.13. The minimum atomic E-state index is 0.0513. The topological polar surface area (TPSA) is 38.3 Å². The number of anilines is 2. The van der Waals surface area contributed by atoms with E-state index >= 15 is 0 Å². The fourth-order valence-corrected chi connectivity index (χ4v) is 2.38. The molecule has 0 saturated heterocycles. The Hall–Kier alpha value is -2.29. The lowest BCUT2D eigenvalue weighted by molar-refractivity contribution is -0.117. The lowest BCUT2D eigenvalue weighted by atomic mass is 10.2. The number of nitrogens with one attached hydrogen (secondary N) is 1. The highest BCUT2D eigenvalue weighted by atomic mass is 16.5. The molecule has 1 N–H and O–H groups in total. The molecule has 1 aliphatic carbocycles. The van der Waals surface area contributed by atoms with E-state index in [0.29, 0.717) is 18.6 Å². The molecule has 0 heterocycles. The molecule has 0 amide bonds. The molecule has 0 aliphatic heterocycles. The van der Waals surface area contributed by atoms with Crippen LogP contribution in [0.2, 0.25) is 0 Å². The first-order chi connectivity index (χ1) is 9.79. The fourth-order valence-electron chi connectivity index (χ4n) is 2.38. The van der Waals surface area contributed by atoms with Gasteiger partial charge in [0.05, 0.1) is 0 Å². The maximum absolute atomic E-state index is 11.2. The van der Waals surface area contributed by atoms with E-state index in [1.54, 1.807) is 0 Å². The molecule has 2 aromatic rings. The monoisotopic (exact) mass is 267 g/mol. The van der Waals surface area contributed by atoms with Gasteiger partial charge in [-0.3, -0.25) is 4.79 Å². The highest BCUT2D eigenvalue weighted by Crippen LogP contribution is 2.24. The summed E-state index contributed by atoms with van der Waals surface area (Å²) in [4.78, 5) is 11.2. The van der Waals surface area contributed by atoms with Crippen molar-refractivity contribution in [3.63, 3.8) is 0 Å². The molecule has 1 aliphatic rings. The van der Waals surface area contributed by atoms with Gasteiger partial charge in [-0.15, -0.1) is 0 Å². The van der Waals surface area contributed by atoms with Gasteiger partial charge >= 0.3 is 0 Å². The van der Waals surface area contributed by atoms with Gasteiger partial charge in [0.25, 0.3) is 0 Å². The number of carbonyl (C=O) groups is 1. The van der Waals surface area contributed by atoms with Crippen molar-refractivity contribution < 1.29 is 9.53 Å². The lowest BCUT2D eigenvalue weighted by Crippen LogP contribution is -2.11. The number of para-hydroxylation sites is 1. The molecule has 102 valence electrons. The quantitative estimate of drug-likeness (QED) is 0.912. The molecule has 3 nitrogen and oxygen atoms in total. The number of ether oxygens (including phenoxy) is 1. The second-order valence-corrected chi connectivity index (χ2v) is 5.04. The lowest BCUT2D eigenvalue weighted by Gasteiger charge is -2.13. The van der Waals surface area contributed by atoms with Crippen LogP contribution in [0.5, 0.6) is 5.75 Å². The molecule has 0 aromatic heterocycles. The molecule has 1 saturated carbocycles. The van der Waals surface area contributed by atoms with E-state index in [1.807, 2.05) is 54.6 Å². The second-order valence-electron chi connectivity index (χ2n) is 5.04. The van der Waals surface area contributed by atoms with E-state index in [4.69, 9.17) is 4.74 Å². The third-order valence-corrected chi connectivity index (χ3v) is 3.42. The molecule has 2 aromatic carbocycles. The van der Waals surface area contributed by atoms with Crippen molar-refractivity contribution >= 4 is 17.2 Å². The van der Waals surface area contributed by atoms with Gasteiger partial charge in [-0.2, -0.15) is 0 Å². The van der Waals surface area contributed by atoms with Crippen molar-refractivity contribution in [3.05, 3.63) is 54.6 Å². The van der Waals surface area contributed by atoms with Gasteiger partial charge in [0.2, 0.25) is 0 Å². The second kappa shape index (κ2) is 5.78. The van der Waals surface area contributed by atoms with Crippen molar-refractivity contribution in [2.45, 2.75) is 25.4 Å². The van der Waals surface area contributed by atoms with Gasteiger partial charge in [0.1, 0.15) is 17.6 Å². The smallest absolute Gasteiger partial charge is 0.136 e. The zero-order valence-corrected chi connectivity index (χ0v) is 11.2. The van der Waals surface area contributed by atoms with E-state index < -0.39 is 0 Å². The molecule has 0 bridgehead atoms. The summed E-state index contributed by atoms with van der Waals surface area (Å²) in [6.45, 7) is 0. The van der Waals surface area contributed by atoms with Crippen LogP contribution in [0.15, 0.2) is 54.6 Å². The summed E-state index contributed by atoms with van der Waals surface area (Å²) in [5.41, 5.74) is 2.08. The van der Waals surface area contributed by atoms with Crippen LogP contribution in [0.3, 0.4) is 0 Å². The Morgan fingerprint density at radius 3 is 2.30 bits per heavy atom. The van der Waals surface area contributed by atoms with Crippen LogP contribution in [0, 0.1) is 0 Å². The number of Topliss-reactive ketones (excluding diaryl/α,β-unsaturated/α-hetero) is 1. The van der Waals surface area contributed by atoms with Crippen LogP contribution in [-0.4, -0.2) is 11.9 Å². The van der Waals surface area contributed by atoms with Gasteiger partial charge in [-0.05, 0) is 42.8 Å². The van der Waals surface area contributed by atoms with Crippen molar-refractivity contribution in [3.8, 4) is 5.75 Å². The van der Waals surface area contributed by atoms with Crippen molar-refractivity contribution in [2.24, 2.45) is 0 Å². The zero-order valence-electron chi connectivity index (χ0n) is 11.2. The molecule has 3 rings (SSSR count). The minimum absolute atomic E-state index is 0.0513. The van der Waals surface area contributed by atoms with Crippen LogP contribution >= 0.6 is 0 Å². The predicted molar refractivity (Wildman–Crippen MR) is 79.4 cm³/mol. The zero-order chi connectivity index (χ0) is 13.8. The average Bonchev–Trinajstić information content (AvgIpc) is 2.88. The number of rotatable bonds is 4. The van der Waals surface area contributed by atoms with Gasteiger partial charge in [-0.1, -0.05) is 18.2 Å². The Balaban J connectivity index is 1.61. The molecule has 1 fully saturated rings. The van der Waals surface area contributed by atoms with Gasteiger partial charge in [0, 0.05) is 24.2 Å². The Kier molecular flexibility index (Phi) is 3.68. The maximum Gasteiger partial charge on any atom is 0.136 e. The first kappa shape index (κ1) is 12.7. The number of hydrogen-bond acceptors (Lipinski definition) is 3. The molecule has 20 heavy (non-hydrogen) atoms. The van der Waals surface area contributed by atoms with E-state index in [0.717, 1.165) is 23.5 Å². The Morgan fingerprint density at radius 1 is 0.950 bits per heavy atom. The van der Waals surface area contributed by atoms with Crippen molar-refractivity contribution in [1.82, 2.24) is 0 Å². The molecular formula is C17H17NO2. The summed E-state index contributed by atoms with van der Waals surface area (Å²) in [6, 6.07) is 17.9. The van der Waals surface area contributed by atoms with E-state index in [1.165, 1.54) is 0 Å². The summed E-state index contributed by atoms with van der Waals surface area (Å²) in [6.07, 6.45) is 2.08. The first-order valence-corrected chi connectivity index (χ1v) is 6.90. The normalized spacial score (nSPS) is 18.0. The Morgan fingerprint density at radius 2 is 1.65 bits per heavy atom. The summed E-state index contributed by atoms with van der Waals surface area (Å²) >= 11 is 0. The van der Waals surface area contributed by atoms with Crippen LogP contribution in [0.25, 0.3) is 0 Å². The van der Waals surface area contributed by atoms with E-state index in [9.17, 15) is 4.79 Å². The van der Waals surface area contributed by atoms with Gasteiger partial charge in [0.15, 0.2) is 0 Å². The largest absolute Gasteiger partial charge is 0.490 e. The first-order valence-electron chi connectivity index (χ1n) is 6.90. The third kappa shape index (κ3) is 3.18. The summed E-state index contributed by atoms with van der Waals surface area (Å²) < 4.78 is 5.80. The van der Waals surface area contributed by atoms with Crippen LogP contribution in [0.1, 0.15) is 19.3 Å². The Bertz CT molecular complexity index is 578. The number of benzene rings is 2.